The van der Waals surface area contributed by atoms with E-state index in [0.717, 1.165) is 48.8 Å². The number of nitrogens with one attached hydrogen (secondary N) is 2. The summed E-state index contributed by atoms with van der Waals surface area (Å²) in [6.45, 7) is 8.49. The van der Waals surface area contributed by atoms with Crippen molar-refractivity contribution < 1.29 is 4.52 Å². The van der Waals surface area contributed by atoms with Gasteiger partial charge in [-0.05, 0) is 44.6 Å². The number of hydrogen-bond donors (Lipinski definition) is 2. The first-order valence-electron chi connectivity index (χ1n) is 9.87. The highest BCUT2D eigenvalue weighted by atomic mass is 16.5. The zero-order valence-corrected chi connectivity index (χ0v) is 15.9. The topological polar surface area (TPSA) is 65.7 Å². The molecule has 1 unspecified atom stereocenters. The van der Waals surface area contributed by atoms with Crippen molar-refractivity contribution in [3.63, 3.8) is 0 Å². The summed E-state index contributed by atoms with van der Waals surface area (Å²) in [5.74, 6) is 2.92. The van der Waals surface area contributed by atoms with E-state index in [-0.39, 0.29) is 0 Å². The largest absolute Gasteiger partial charge is 0.359 e. The van der Waals surface area contributed by atoms with Crippen molar-refractivity contribution in [1.29, 1.82) is 0 Å². The summed E-state index contributed by atoms with van der Waals surface area (Å²) in [5, 5.41) is 11.0. The lowest BCUT2D eigenvalue weighted by Gasteiger charge is -2.16. The Morgan fingerprint density at radius 2 is 2.12 bits per heavy atom. The monoisotopic (exact) mass is 347 g/mol. The summed E-state index contributed by atoms with van der Waals surface area (Å²) < 4.78 is 5.47. The Morgan fingerprint density at radius 1 is 1.32 bits per heavy atom. The molecule has 140 valence electrons. The first kappa shape index (κ1) is 18.2. The van der Waals surface area contributed by atoms with Crippen LogP contribution in [0.1, 0.15) is 63.3 Å². The van der Waals surface area contributed by atoms with Crippen molar-refractivity contribution >= 4 is 5.96 Å². The summed E-state index contributed by atoms with van der Waals surface area (Å²) in [6, 6.07) is 2.96. The van der Waals surface area contributed by atoms with E-state index in [1.54, 1.807) is 0 Å². The second-order valence-corrected chi connectivity index (χ2v) is 7.42. The summed E-state index contributed by atoms with van der Waals surface area (Å²) in [4.78, 5) is 6.97. The van der Waals surface area contributed by atoms with Crippen LogP contribution in [0.2, 0.25) is 0 Å². The lowest BCUT2D eigenvalue weighted by molar-refractivity contribution is 0.314. The number of likely N-dealkylation sites (tertiary alicyclic amines) is 1. The molecule has 2 N–H and O–H groups in total. The van der Waals surface area contributed by atoms with Crippen LogP contribution in [0.4, 0.5) is 0 Å². The normalized spacial score (nSPS) is 21.9. The van der Waals surface area contributed by atoms with E-state index < -0.39 is 0 Å². The average molecular weight is 348 g/mol. The minimum Gasteiger partial charge on any atom is -0.359 e. The number of aliphatic imine (C=N–C) groups is 1. The minimum atomic E-state index is 0.492. The third kappa shape index (κ3) is 4.97. The van der Waals surface area contributed by atoms with Gasteiger partial charge < -0.3 is 20.1 Å². The molecule has 2 heterocycles. The maximum absolute atomic E-state index is 5.47. The van der Waals surface area contributed by atoms with Gasteiger partial charge in [-0.1, -0.05) is 19.0 Å². The Hall–Kier alpha value is -1.56. The molecule has 1 atom stereocenters. The molecule has 0 amide bonds. The van der Waals surface area contributed by atoms with Crippen LogP contribution in [0, 0.1) is 5.92 Å². The molecule has 25 heavy (non-hydrogen) atoms. The lowest BCUT2D eigenvalue weighted by Crippen LogP contribution is -2.40. The van der Waals surface area contributed by atoms with Gasteiger partial charge in [0.1, 0.15) is 0 Å². The van der Waals surface area contributed by atoms with Crippen LogP contribution in [0.25, 0.3) is 0 Å². The Kier molecular flexibility index (Phi) is 6.34. The van der Waals surface area contributed by atoms with Gasteiger partial charge in [-0.25, -0.2) is 0 Å². The second-order valence-electron chi connectivity index (χ2n) is 7.42. The van der Waals surface area contributed by atoms with E-state index in [0.29, 0.717) is 12.5 Å². The smallest absolute Gasteiger partial charge is 0.191 e. The third-order valence-electron chi connectivity index (χ3n) is 5.57. The fourth-order valence-corrected chi connectivity index (χ4v) is 3.74. The van der Waals surface area contributed by atoms with Crippen LogP contribution in [0.15, 0.2) is 15.6 Å². The Bertz CT molecular complexity index is 562. The fraction of sp³-hybridized carbons (Fsp3) is 0.789. The third-order valence-corrected chi connectivity index (χ3v) is 5.57. The molecule has 1 aliphatic heterocycles. The highest BCUT2D eigenvalue weighted by Gasteiger charge is 2.34. The van der Waals surface area contributed by atoms with Crippen molar-refractivity contribution in [3.8, 4) is 0 Å². The summed E-state index contributed by atoms with van der Waals surface area (Å²) in [7, 11) is 1.82. The molecular formula is C19H33N5O. The Balaban J connectivity index is 1.40. The molecule has 2 aliphatic rings. The zero-order valence-electron chi connectivity index (χ0n) is 15.9. The van der Waals surface area contributed by atoms with Crippen LogP contribution in [-0.2, 0) is 6.54 Å². The maximum Gasteiger partial charge on any atom is 0.191 e. The predicted molar refractivity (Wildman–Crippen MR) is 101 cm³/mol. The highest BCUT2D eigenvalue weighted by Crippen LogP contribution is 2.31. The number of nitrogens with zero attached hydrogens (tertiary/aromatic N) is 3. The molecule has 6 heteroatoms. The summed E-state index contributed by atoms with van der Waals surface area (Å²) in [6.07, 6.45) is 6.29. The SMILES string of the molecule is CCC(CC)c1cc(CNC(=NC)NCC2CCN(C3CC3)C2)on1. The minimum absolute atomic E-state index is 0.492. The van der Waals surface area contributed by atoms with Gasteiger partial charge in [-0.15, -0.1) is 0 Å². The lowest BCUT2D eigenvalue weighted by atomic mass is 9.99. The van der Waals surface area contributed by atoms with Crippen LogP contribution in [0.3, 0.4) is 0 Å². The second kappa shape index (κ2) is 8.70. The van der Waals surface area contributed by atoms with Gasteiger partial charge in [0.25, 0.3) is 0 Å². The van der Waals surface area contributed by atoms with E-state index in [9.17, 15) is 0 Å². The van der Waals surface area contributed by atoms with E-state index >= 15 is 0 Å². The molecule has 1 aromatic heterocycles. The maximum atomic E-state index is 5.47. The average Bonchev–Trinajstić information content (AvgIpc) is 3.19. The highest BCUT2D eigenvalue weighted by molar-refractivity contribution is 5.79. The van der Waals surface area contributed by atoms with Crippen molar-refractivity contribution in [3.05, 3.63) is 17.5 Å². The molecule has 3 rings (SSSR count). The predicted octanol–water partition coefficient (Wildman–Crippen LogP) is 2.73. The van der Waals surface area contributed by atoms with Crippen LogP contribution in [-0.4, -0.2) is 48.7 Å². The van der Waals surface area contributed by atoms with Crippen molar-refractivity contribution in [2.24, 2.45) is 10.9 Å². The molecule has 2 fully saturated rings. The van der Waals surface area contributed by atoms with Crippen molar-refractivity contribution in [2.45, 2.75) is 64.5 Å². The van der Waals surface area contributed by atoms with Crippen molar-refractivity contribution in [2.75, 3.05) is 26.7 Å². The van der Waals surface area contributed by atoms with Gasteiger partial charge in [-0.2, -0.15) is 0 Å². The van der Waals surface area contributed by atoms with E-state index in [2.05, 4.69) is 45.6 Å². The molecular weight excluding hydrogens is 314 g/mol. The molecule has 1 saturated carbocycles. The number of aromatic nitrogens is 1. The summed E-state index contributed by atoms with van der Waals surface area (Å²) >= 11 is 0. The van der Waals surface area contributed by atoms with Gasteiger partial charge in [0.2, 0.25) is 0 Å². The molecule has 0 aromatic carbocycles. The number of hydrogen-bond acceptors (Lipinski definition) is 4. The van der Waals surface area contributed by atoms with Gasteiger partial charge >= 0.3 is 0 Å². The number of guanidine groups is 1. The molecule has 0 bridgehead atoms. The molecule has 1 aliphatic carbocycles. The molecule has 1 aromatic rings. The van der Waals surface area contributed by atoms with E-state index in [1.165, 1.54) is 32.4 Å². The molecule has 0 radical (unpaired) electrons. The molecule has 1 saturated heterocycles. The van der Waals surface area contributed by atoms with Gasteiger partial charge in [0, 0.05) is 38.2 Å². The zero-order chi connectivity index (χ0) is 17.6. The first-order chi connectivity index (χ1) is 12.2. The van der Waals surface area contributed by atoms with Crippen LogP contribution < -0.4 is 10.6 Å². The van der Waals surface area contributed by atoms with Crippen LogP contribution >= 0.6 is 0 Å². The molecule has 6 nitrogen and oxygen atoms in total. The quantitative estimate of drug-likeness (QED) is 0.559. The van der Waals surface area contributed by atoms with Gasteiger partial charge in [0.05, 0.1) is 12.2 Å². The van der Waals surface area contributed by atoms with Crippen molar-refractivity contribution in [1.82, 2.24) is 20.7 Å². The van der Waals surface area contributed by atoms with Gasteiger partial charge in [-0.3, -0.25) is 4.99 Å². The number of rotatable bonds is 8. The Labute approximate surface area is 151 Å². The fourth-order valence-electron chi connectivity index (χ4n) is 3.74. The first-order valence-corrected chi connectivity index (χ1v) is 9.87. The Morgan fingerprint density at radius 3 is 2.80 bits per heavy atom. The summed E-state index contributed by atoms with van der Waals surface area (Å²) in [5.41, 5.74) is 1.07. The van der Waals surface area contributed by atoms with E-state index in [1.807, 2.05) is 7.05 Å². The van der Waals surface area contributed by atoms with Gasteiger partial charge in [0.15, 0.2) is 11.7 Å². The van der Waals surface area contributed by atoms with Crippen LogP contribution in [0.5, 0.6) is 0 Å². The standard InChI is InChI=1S/C19H33N5O/c1-4-15(5-2)18-10-17(25-23-18)12-22-19(20-3)21-11-14-8-9-24(13-14)16-6-7-16/h10,14-16H,4-9,11-13H2,1-3H3,(H2,20,21,22). The molecule has 0 spiro atoms. The van der Waals surface area contributed by atoms with E-state index in [4.69, 9.17) is 4.52 Å².